The fraction of sp³-hybridized carbons (Fsp3) is 0.600. The number of nitrogens with zero attached hydrogens (tertiary/aromatic N) is 1. The van der Waals surface area contributed by atoms with Gasteiger partial charge in [-0.15, -0.1) is 0 Å². The zero-order valence-electron chi connectivity index (χ0n) is 9.64. The van der Waals surface area contributed by atoms with Crippen LogP contribution in [0.2, 0.25) is 0 Å². The zero-order valence-corrected chi connectivity index (χ0v) is 9.64. The van der Waals surface area contributed by atoms with Gasteiger partial charge in [0.25, 0.3) is 5.56 Å². The maximum Gasteiger partial charge on any atom is 0.330 e. The summed E-state index contributed by atoms with van der Waals surface area (Å²) in [6.45, 7) is 1.74. The summed E-state index contributed by atoms with van der Waals surface area (Å²) in [5, 5.41) is 8.78. The summed E-state index contributed by atoms with van der Waals surface area (Å²) in [5.41, 5.74) is -0.757. The molecule has 0 unspecified atom stereocenters. The molecule has 0 saturated carbocycles. The highest BCUT2D eigenvalue weighted by atomic mass is 19.1. The van der Waals surface area contributed by atoms with Gasteiger partial charge in [-0.1, -0.05) is 0 Å². The lowest BCUT2D eigenvalue weighted by molar-refractivity contribution is -0.0756. The van der Waals surface area contributed by atoms with Crippen molar-refractivity contribution in [3.05, 3.63) is 32.6 Å². The molecule has 1 aromatic heterocycles. The van der Waals surface area contributed by atoms with Gasteiger partial charge < -0.3 is 9.84 Å². The molecule has 0 bridgehead atoms. The first-order valence-electron chi connectivity index (χ1n) is 5.14. The van der Waals surface area contributed by atoms with Crippen molar-refractivity contribution in [1.29, 1.82) is 0 Å². The number of hydrogen-bond donors (Lipinski definition) is 2. The van der Waals surface area contributed by atoms with E-state index in [4.69, 9.17) is 9.84 Å². The molecule has 0 aromatic carbocycles. The molecule has 0 fully saturated rings. The Morgan fingerprint density at radius 3 is 2.76 bits per heavy atom. The highest BCUT2D eigenvalue weighted by Crippen LogP contribution is 2.08. The molecule has 1 rings (SSSR count). The van der Waals surface area contributed by atoms with E-state index < -0.39 is 36.9 Å². The Bertz CT molecular complexity index is 478. The van der Waals surface area contributed by atoms with Gasteiger partial charge in [-0.2, -0.15) is 0 Å². The second-order valence-corrected chi connectivity index (χ2v) is 3.67. The van der Waals surface area contributed by atoms with Gasteiger partial charge in [0.2, 0.25) is 0 Å². The third kappa shape index (κ3) is 3.24. The molecule has 96 valence electrons. The van der Waals surface area contributed by atoms with Crippen molar-refractivity contribution < 1.29 is 14.2 Å². The zero-order chi connectivity index (χ0) is 13.0. The third-order valence-corrected chi connectivity index (χ3v) is 2.30. The van der Waals surface area contributed by atoms with E-state index in [9.17, 15) is 14.0 Å². The number of aromatic nitrogens is 2. The predicted octanol–water partition coefficient (Wildman–Crippen LogP) is -0.289. The number of halogens is 1. The molecule has 0 radical (unpaired) electrons. The van der Waals surface area contributed by atoms with E-state index in [0.29, 0.717) is 5.56 Å². The summed E-state index contributed by atoms with van der Waals surface area (Å²) in [4.78, 5) is 24.7. The van der Waals surface area contributed by atoms with Crippen LogP contribution in [0.25, 0.3) is 0 Å². The standard InChI is InChI=1S/C10H15FN2O4/c1-6-4-13(10(16)12-9(6)15)7(2)17-8(3-11)5-14/h4,7-8,14H,3,5H2,1-2H3,(H,12,15,16)/t7-,8+/m1/s1. The molecule has 0 aliphatic carbocycles. The van der Waals surface area contributed by atoms with Gasteiger partial charge in [0.1, 0.15) is 19.0 Å². The number of alkyl halides is 1. The highest BCUT2D eigenvalue weighted by Gasteiger charge is 2.15. The molecule has 6 nitrogen and oxygen atoms in total. The van der Waals surface area contributed by atoms with Crippen molar-refractivity contribution >= 4 is 0 Å². The van der Waals surface area contributed by atoms with E-state index in [1.165, 1.54) is 13.1 Å². The molecule has 1 heterocycles. The predicted molar refractivity (Wildman–Crippen MR) is 58.7 cm³/mol. The normalized spacial score (nSPS) is 14.6. The summed E-state index contributed by atoms with van der Waals surface area (Å²) >= 11 is 0. The minimum atomic E-state index is -0.982. The molecule has 0 aliphatic rings. The Morgan fingerprint density at radius 1 is 1.59 bits per heavy atom. The number of ether oxygens (including phenoxy) is 1. The SMILES string of the molecule is Cc1cn([C@@H](C)O[C@H](CO)CF)c(=O)[nH]c1=O. The van der Waals surface area contributed by atoms with Crippen molar-refractivity contribution in [2.75, 3.05) is 13.3 Å². The Labute approximate surface area is 96.7 Å². The smallest absolute Gasteiger partial charge is 0.330 e. The van der Waals surface area contributed by atoms with Gasteiger partial charge in [0.05, 0.1) is 6.61 Å². The summed E-state index contributed by atoms with van der Waals surface area (Å²) in [6, 6.07) is 0. The van der Waals surface area contributed by atoms with Gasteiger partial charge >= 0.3 is 5.69 Å². The molecular formula is C10H15FN2O4. The molecule has 0 saturated heterocycles. The first-order chi connectivity index (χ1) is 7.99. The summed E-state index contributed by atoms with van der Waals surface area (Å²) in [6.07, 6.45) is -0.423. The number of aryl methyl sites for hydroxylation is 1. The van der Waals surface area contributed by atoms with Crippen molar-refractivity contribution in [1.82, 2.24) is 9.55 Å². The average molecular weight is 246 g/mol. The van der Waals surface area contributed by atoms with Crippen LogP contribution >= 0.6 is 0 Å². The van der Waals surface area contributed by atoms with Crippen molar-refractivity contribution in [3.8, 4) is 0 Å². The number of aliphatic hydroxyl groups is 1. The minimum absolute atomic E-state index is 0.348. The van der Waals surface area contributed by atoms with Crippen molar-refractivity contribution in [2.45, 2.75) is 26.2 Å². The van der Waals surface area contributed by atoms with E-state index in [2.05, 4.69) is 4.98 Å². The molecule has 0 aliphatic heterocycles. The van der Waals surface area contributed by atoms with E-state index in [1.54, 1.807) is 6.92 Å². The lowest BCUT2D eigenvalue weighted by Crippen LogP contribution is -2.35. The van der Waals surface area contributed by atoms with E-state index in [0.717, 1.165) is 4.57 Å². The van der Waals surface area contributed by atoms with Gasteiger partial charge in [-0.3, -0.25) is 14.3 Å². The summed E-state index contributed by atoms with van der Waals surface area (Å²) < 4.78 is 18.6. The summed E-state index contributed by atoms with van der Waals surface area (Å²) in [5.74, 6) is 0. The average Bonchev–Trinajstić information content (AvgIpc) is 2.30. The third-order valence-electron chi connectivity index (χ3n) is 2.30. The molecule has 7 heteroatoms. The van der Waals surface area contributed by atoms with Crippen LogP contribution in [0.4, 0.5) is 4.39 Å². The lowest BCUT2D eigenvalue weighted by Gasteiger charge is -2.20. The maximum atomic E-state index is 12.3. The largest absolute Gasteiger partial charge is 0.394 e. The molecule has 1 aromatic rings. The highest BCUT2D eigenvalue weighted by molar-refractivity contribution is 5.01. The van der Waals surface area contributed by atoms with Crippen LogP contribution in [0.1, 0.15) is 18.7 Å². The van der Waals surface area contributed by atoms with E-state index in [1.807, 2.05) is 0 Å². The van der Waals surface area contributed by atoms with Crippen molar-refractivity contribution in [2.24, 2.45) is 0 Å². The van der Waals surface area contributed by atoms with E-state index in [-0.39, 0.29) is 0 Å². The number of hydrogen-bond acceptors (Lipinski definition) is 4. The second-order valence-electron chi connectivity index (χ2n) is 3.67. The number of H-pyrrole nitrogens is 1. The van der Waals surface area contributed by atoms with Gasteiger partial charge in [-0.25, -0.2) is 9.18 Å². The van der Waals surface area contributed by atoms with Crippen LogP contribution in [-0.4, -0.2) is 34.0 Å². The molecule has 2 N–H and O–H groups in total. The van der Waals surface area contributed by atoms with Crippen LogP contribution in [0.5, 0.6) is 0 Å². The van der Waals surface area contributed by atoms with Gasteiger partial charge in [0, 0.05) is 11.8 Å². The van der Waals surface area contributed by atoms with Crippen LogP contribution in [0, 0.1) is 6.92 Å². The lowest BCUT2D eigenvalue weighted by atomic mass is 10.4. The molecule has 2 atom stereocenters. The Morgan fingerprint density at radius 2 is 2.24 bits per heavy atom. The molecule has 0 spiro atoms. The molecule has 0 amide bonds. The monoisotopic (exact) mass is 246 g/mol. The van der Waals surface area contributed by atoms with Gasteiger partial charge in [0.15, 0.2) is 0 Å². The van der Waals surface area contributed by atoms with Gasteiger partial charge in [-0.05, 0) is 13.8 Å². The fourth-order valence-electron chi connectivity index (χ4n) is 1.33. The van der Waals surface area contributed by atoms with Crippen LogP contribution in [0.15, 0.2) is 15.8 Å². The van der Waals surface area contributed by atoms with Crippen LogP contribution in [0.3, 0.4) is 0 Å². The molecule has 17 heavy (non-hydrogen) atoms. The van der Waals surface area contributed by atoms with Crippen molar-refractivity contribution in [3.63, 3.8) is 0 Å². The maximum absolute atomic E-state index is 12.3. The number of nitrogens with one attached hydrogen (secondary N) is 1. The fourth-order valence-corrected chi connectivity index (χ4v) is 1.33. The molecular weight excluding hydrogens is 231 g/mol. The first kappa shape index (κ1) is 13.6. The van der Waals surface area contributed by atoms with Crippen LogP contribution in [-0.2, 0) is 4.74 Å². The minimum Gasteiger partial charge on any atom is -0.394 e. The Balaban J connectivity index is 2.96. The number of aliphatic hydroxyl groups excluding tert-OH is 1. The Hall–Kier alpha value is -1.47. The number of aromatic amines is 1. The van der Waals surface area contributed by atoms with E-state index >= 15 is 0 Å². The topological polar surface area (TPSA) is 84.3 Å². The van der Waals surface area contributed by atoms with Crippen LogP contribution < -0.4 is 11.2 Å². The summed E-state index contributed by atoms with van der Waals surface area (Å²) in [7, 11) is 0. The Kier molecular flexibility index (Phi) is 4.59. The second kappa shape index (κ2) is 5.74. The quantitative estimate of drug-likeness (QED) is 0.747. The first-order valence-corrected chi connectivity index (χ1v) is 5.14. The number of rotatable bonds is 5.